The molecule has 0 spiro atoms. The Hall–Kier alpha value is -1.89. The fraction of sp³-hybridized carbons (Fsp3) is 0.111. The van der Waals surface area contributed by atoms with E-state index in [1.54, 1.807) is 5.41 Å². The summed E-state index contributed by atoms with van der Waals surface area (Å²) in [5.41, 5.74) is 6.77. The number of H-pyrrole nitrogens is 1. The summed E-state index contributed by atoms with van der Waals surface area (Å²) in [5.74, 6) is 0.147. The Labute approximate surface area is 95.4 Å². The number of aromatic amines is 1. The molecule has 0 aliphatic rings. The maximum Gasteiger partial charge on any atom is 0.223 e. The van der Waals surface area contributed by atoms with Crippen molar-refractivity contribution in [3.63, 3.8) is 0 Å². The molecule has 2 aromatic heterocycles. The summed E-state index contributed by atoms with van der Waals surface area (Å²) in [6.07, 6.45) is 2.99. The number of rotatable bonds is 3. The maximum atomic E-state index is 10.7. The molecule has 0 aromatic carbocycles. The number of nitrogens with two attached hydrogens (primary N) is 1. The molecule has 2 rings (SSSR count). The van der Waals surface area contributed by atoms with Gasteiger partial charge in [0.15, 0.2) is 11.4 Å². The molecule has 0 saturated carbocycles. The van der Waals surface area contributed by atoms with Gasteiger partial charge in [-0.25, -0.2) is 9.97 Å². The van der Waals surface area contributed by atoms with Crippen molar-refractivity contribution in [2.75, 3.05) is 5.73 Å². The number of anilines is 1. The molecule has 0 atom stereocenters. The first-order valence-corrected chi connectivity index (χ1v) is 5.35. The first-order valence-electron chi connectivity index (χ1n) is 4.47. The highest BCUT2D eigenvalue weighted by Gasteiger charge is 2.07. The molecule has 0 saturated heterocycles. The molecule has 0 amide bonds. The Kier molecular flexibility index (Phi) is 2.86. The number of hydrogen-bond acceptors (Lipinski definition) is 6. The number of imidazole rings is 1. The van der Waals surface area contributed by atoms with Gasteiger partial charge in [-0.1, -0.05) is 11.8 Å². The van der Waals surface area contributed by atoms with E-state index in [0.717, 1.165) is 0 Å². The lowest BCUT2D eigenvalue weighted by Crippen LogP contribution is -1.96. The van der Waals surface area contributed by atoms with Crippen LogP contribution in [0.25, 0.3) is 11.2 Å². The minimum absolute atomic E-state index is 0.0182. The predicted molar refractivity (Wildman–Crippen MR) is 61.8 cm³/mol. The van der Waals surface area contributed by atoms with Crippen molar-refractivity contribution in [3.8, 4) is 0 Å². The van der Waals surface area contributed by atoms with E-state index in [1.165, 1.54) is 31.1 Å². The molecule has 6 nitrogen and oxygen atoms in total. The van der Waals surface area contributed by atoms with Crippen molar-refractivity contribution < 1.29 is 4.79 Å². The number of nitrogens with zero attached hydrogens (tertiary/aromatic N) is 3. The van der Waals surface area contributed by atoms with Crippen molar-refractivity contribution >= 4 is 34.7 Å². The van der Waals surface area contributed by atoms with Crippen LogP contribution in [0, 0.1) is 0 Å². The number of nitrogen functional groups attached to an aromatic ring is 1. The van der Waals surface area contributed by atoms with E-state index < -0.39 is 0 Å². The molecule has 0 aliphatic carbocycles. The minimum Gasteiger partial charge on any atom is -0.368 e. The van der Waals surface area contributed by atoms with Gasteiger partial charge in [0.2, 0.25) is 5.95 Å². The van der Waals surface area contributed by atoms with Crippen LogP contribution in [0.2, 0.25) is 0 Å². The molecule has 2 heterocycles. The standard InChI is InChI=1S/C9H9N5OS/c1-5(15)2-3-16-8-6-7(12-4-11-6)13-9(10)14-8/h2-4H,1H3,(H3,10,11,12,13,14)/b3-2+. The van der Waals surface area contributed by atoms with Crippen LogP contribution in [-0.4, -0.2) is 25.7 Å². The van der Waals surface area contributed by atoms with Gasteiger partial charge in [-0.2, -0.15) is 4.98 Å². The Morgan fingerprint density at radius 3 is 3.12 bits per heavy atom. The second-order valence-electron chi connectivity index (χ2n) is 3.02. The van der Waals surface area contributed by atoms with E-state index in [4.69, 9.17) is 5.73 Å². The monoisotopic (exact) mass is 235 g/mol. The Morgan fingerprint density at radius 1 is 1.56 bits per heavy atom. The molecule has 0 aliphatic heterocycles. The van der Waals surface area contributed by atoms with Crippen LogP contribution in [0.15, 0.2) is 22.8 Å². The van der Waals surface area contributed by atoms with Crippen LogP contribution in [0.5, 0.6) is 0 Å². The molecular formula is C9H9N5OS. The largest absolute Gasteiger partial charge is 0.368 e. The molecule has 0 fully saturated rings. The van der Waals surface area contributed by atoms with Gasteiger partial charge < -0.3 is 10.7 Å². The van der Waals surface area contributed by atoms with Gasteiger partial charge in [0.25, 0.3) is 0 Å². The molecular weight excluding hydrogens is 226 g/mol. The second-order valence-corrected chi connectivity index (χ2v) is 3.91. The van der Waals surface area contributed by atoms with Gasteiger partial charge in [-0.05, 0) is 18.4 Å². The summed E-state index contributed by atoms with van der Waals surface area (Å²) in [5, 5.41) is 2.31. The fourth-order valence-corrected chi connectivity index (χ4v) is 1.91. The normalized spacial score (nSPS) is 11.3. The Morgan fingerprint density at radius 2 is 2.38 bits per heavy atom. The molecule has 0 radical (unpaired) electrons. The third-order valence-corrected chi connectivity index (χ3v) is 2.54. The zero-order chi connectivity index (χ0) is 11.5. The van der Waals surface area contributed by atoms with Gasteiger partial charge in [-0.3, -0.25) is 4.79 Å². The lowest BCUT2D eigenvalue weighted by molar-refractivity contribution is -0.112. The summed E-state index contributed by atoms with van der Waals surface area (Å²) < 4.78 is 0. The Balaban J connectivity index is 2.35. The van der Waals surface area contributed by atoms with Crippen LogP contribution in [0.3, 0.4) is 0 Å². The third-order valence-electron chi connectivity index (χ3n) is 1.75. The summed E-state index contributed by atoms with van der Waals surface area (Å²) in [4.78, 5) is 25.7. The van der Waals surface area contributed by atoms with Gasteiger partial charge in [0, 0.05) is 0 Å². The van der Waals surface area contributed by atoms with E-state index in [1.807, 2.05) is 0 Å². The lowest BCUT2D eigenvalue weighted by Gasteiger charge is -1.98. The van der Waals surface area contributed by atoms with E-state index >= 15 is 0 Å². The number of carbonyl (C=O) groups is 1. The average molecular weight is 235 g/mol. The topological polar surface area (TPSA) is 97.6 Å². The van der Waals surface area contributed by atoms with Crippen LogP contribution < -0.4 is 5.73 Å². The van der Waals surface area contributed by atoms with Gasteiger partial charge in [0.1, 0.15) is 10.5 Å². The molecule has 3 N–H and O–H groups in total. The first-order chi connectivity index (χ1) is 7.66. The fourth-order valence-electron chi connectivity index (χ4n) is 1.10. The van der Waals surface area contributed by atoms with E-state index in [0.29, 0.717) is 16.2 Å². The highest BCUT2D eigenvalue weighted by atomic mass is 32.2. The first kappa shape index (κ1) is 10.6. The quantitative estimate of drug-likeness (QED) is 0.470. The van der Waals surface area contributed by atoms with Crippen molar-refractivity contribution in [3.05, 3.63) is 17.8 Å². The molecule has 0 unspecified atom stereocenters. The Bertz CT molecular complexity index is 562. The number of fused-ring (bicyclic) bond motifs is 1. The summed E-state index contributed by atoms with van der Waals surface area (Å²) in [6.45, 7) is 1.48. The molecule has 2 aromatic rings. The number of nitrogens with one attached hydrogen (secondary N) is 1. The number of ketones is 1. The van der Waals surface area contributed by atoms with Crippen molar-refractivity contribution in [2.24, 2.45) is 0 Å². The van der Waals surface area contributed by atoms with Gasteiger partial charge in [-0.15, -0.1) is 0 Å². The zero-order valence-corrected chi connectivity index (χ0v) is 9.28. The number of aromatic nitrogens is 4. The third kappa shape index (κ3) is 2.19. The molecule has 82 valence electrons. The van der Waals surface area contributed by atoms with Gasteiger partial charge >= 0.3 is 0 Å². The summed E-state index contributed by atoms with van der Waals surface area (Å²) in [6, 6.07) is 0. The minimum atomic E-state index is -0.0182. The van der Waals surface area contributed by atoms with Crippen LogP contribution >= 0.6 is 11.8 Å². The number of carbonyl (C=O) groups excluding carboxylic acids is 1. The predicted octanol–water partition coefficient (Wildman–Crippen LogP) is 1.13. The lowest BCUT2D eigenvalue weighted by atomic mass is 10.5. The van der Waals surface area contributed by atoms with E-state index in [9.17, 15) is 4.79 Å². The van der Waals surface area contributed by atoms with E-state index in [-0.39, 0.29) is 11.7 Å². The summed E-state index contributed by atoms with van der Waals surface area (Å²) in [7, 11) is 0. The van der Waals surface area contributed by atoms with Crippen molar-refractivity contribution in [1.82, 2.24) is 19.9 Å². The summed E-state index contributed by atoms with van der Waals surface area (Å²) >= 11 is 1.29. The van der Waals surface area contributed by atoms with E-state index in [2.05, 4.69) is 19.9 Å². The molecule has 7 heteroatoms. The van der Waals surface area contributed by atoms with Crippen LogP contribution in [-0.2, 0) is 4.79 Å². The second kappa shape index (κ2) is 4.31. The van der Waals surface area contributed by atoms with Crippen LogP contribution in [0.4, 0.5) is 5.95 Å². The SMILES string of the molecule is CC(=O)/C=C/Sc1nc(N)nc2nc[nH]c12. The van der Waals surface area contributed by atoms with Crippen molar-refractivity contribution in [1.29, 1.82) is 0 Å². The molecule has 0 bridgehead atoms. The average Bonchev–Trinajstić information content (AvgIpc) is 2.64. The number of allylic oxidation sites excluding steroid dienone is 1. The zero-order valence-electron chi connectivity index (χ0n) is 8.47. The number of hydrogen-bond donors (Lipinski definition) is 2. The number of thioether (sulfide) groups is 1. The highest BCUT2D eigenvalue weighted by molar-refractivity contribution is 8.02. The maximum absolute atomic E-state index is 10.7. The van der Waals surface area contributed by atoms with Crippen LogP contribution in [0.1, 0.15) is 6.92 Å². The van der Waals surface area contributed by atoms with Crippen molar-refractivity contribution in [2.45, 2.75) is 11.9 Å². The highest BCUT2D eigenvalue weighted by Crippen LogP contribution is 2.24. The smallest absolute Gasteiger partial charge is 0.223 e. The molecule has 16 heavy (non-hydrogen) atoms. The van der Waals surface area contributed by atoms with Gasteiger partial charge in [0.05, 0.1) is 6.33 Å².